The van der Waals surface area contributed by atoms with Crippen LogP contribution in [-0.2, 0) is 13.5 Å². The molecule has 0 saturated carbocycles. The van der Waals surface area contributed by atoms with Gasteiger partial charge in [0.05, 0.1) is 17.4 Å². The first-order valence-electron chi connectivity index (χ1n) is 6.58. The average Bonchev–Trinajstić information content (AvgIpc) is 2.71. The van der Waals surface area contributed by atoms with Crippen molar-refractivity contribution in [1.82, 2.24) is 15.1 Å². The van der Waals surface area contributed by atoms with Gasteiger partial charge < -0.3 is 5.32 Å². The molecule has 1 heterocycles. The van der Waals surface area contributed by atoms with Gasteiger partial charge in [-0.25, -0.2) is 0 Å². The van der Waals surface area contributed by atoms with E-state index in [1.54, 1.807) is 0 Å². The number of halogens is 1. The lowest BCUT2D eigenvalue weighted by atomic mass is 10.0. The molecule has 0 radical (unpaired) electrons. The van der Waals surface area contributed by atoms with E-state index < -0.39 is 0 Å². The van der Waals surface area contributed by atoms with Crippen LogP contribution in [0.25, 0.3) is 0 Å². The van der Waals surface area contributed by atoms with Crippen molar-refractivity contribution < 1.29 is 0 Å². The molecule has 0 aliphatic rings. The number of nitrogens with one attached hydrogen (secondary N) is 1. The Hall–Kier alpha value is -1.32. The van der Waals surface area contributed by atoms with E-state index in [1.807, 2.05) is 30.8 Å². The third-order valence-corrected chi connectivity index (χ3v) is 3.45. The zero-order valence-electron chi connectivity index (χ0n) is 11.7. The van der Waals surface area contributed by atoms with Crippen LogP contribution >= 0.6 is 11.6 Å². The highest BCUT2D eigenvalue weighted by atomic mass is 35.5. The minimum Gasteiger partial charge on any atom is -0.309 e. The van der Waals surface area contributed by atoms with Gasteiger partial charge in [-0.1, -0.05) is 30.7 Å². The van der Waals surface area contributed by atoms with Crippen LogP contribution in [0.2, 0.25) is 5.02 Å². The van der Waals surface area contributed by atoms with Crippen molar-refractivity contribution in [2.75, 3.05) is 6.54 Å². The maximum atomic E-state index is 5.93. The summed E-state index contributed by atoms with van der Waals surface area (Å²) in [7, 11) is 1.99. The zero-order valence-corrected chi connectivity index (χ0v) is 12.4. The van der Waals surface area contributed by atoms with Crippen LogP contribution in [0.4, 0.5) is 0 Å². The number of rotatable bonds is 5. The highest BCUT2D eigenvalue weighted by Gasteiger charge is 2.15. The molecule has 1 N–H and O–H groups in total. The minimum atomic E-state index is 0.275. The molecule has 1 aromatic heterocycles. The molecule has 19 heavy (non-hydrogen) atoms. The lowest BCUT2D eigenvalue weighted by Crippen LogP contribution is -2.25. The fraction of sp³-hybridized carbons (Fsp3) is 0.400. The molecule has 2 aromatic rings. The number of hydrogen-bond donors (Lipinski definition) is 1. The van der Waals surface area contributed by atoms with Crippen molar-refractivity contribution in [2.24, 2.45) is 7.05 Å². The molecule has 0 spiro atoms. The smallest absolute Gasteiger partial charge is 0.0597 e. The number of aromatic nitrogens is 2. The van der Waals surface area contributed by atoms with Gasteiger partial charge >= 0.3 is 0 Å². The van der Waals surface area contributed by atoms with E-state index in [4.69, 9.17) is 11.6 Å². The van der Waals surface area contributed by atoms with E-state index in [0.29, 0.717) is 0 Å². The maximum Gasteiger partial charge on any atom is 0.0597 e. The normalized spacial score (nSPS) is 12.6. The Labute approximate surface area is 119 Å². The molecular formula is C15H20ClN3. The van der Waals surface area contributed by atoms with Crippen molar-refractivity contribution in [3.8, 4) is 0 Å². The summed E-state index contributed by atoms with van der Waals surface area (Å²) in [5.41, 5.74) is 3.54. The highest BCUT2D eigenvalue weighted by Crippen LogP contribution is 2.20. The number of hydrogen-bond acceptors (Lipinski definition) is 2. The van der Waals surface area contributed by atoms with Crippen LogP contribution in [0, 0.1) is 6.92 Å². The summed E-state index contributed by atoms with van der Waals surface area (Å²) in [6.45, 7) is 5.08. The molecule has 2 rings (SSSR count). The first-order chi connectivity index (χ1) is 9.10. The van der Waals surface area contributed by atoms with Gasteiger partial charge in [-0.3, -0.25) is 4.68 Å². The van der Waals surface area contributed by atoms with E-state index in [1.165, 1.54) is 11.3 Å². The van der Waals surface area contributed by atoms with Crippen LogP contribution in [0.1, 0.15) is 29.9 Å². The van der Waals surface area contributed by atoms with E-state index in [2.05, 4.69) is 35.5 Å². The summed E-state index contributed by atoms with van der Waals surface area (Å²) in [6, 6.07) is 10.5. The lowest BCUT2D eigenvalue weighted by molar-refractivity contribution is 0.507. The lowest BCUT2D eigenvalue weighted by Gasteiger charge is -2.18. The van der Waals surface area contributed by atoms with Gasteiger partial charge in [-0.2, -0.15) is 5.10 Å². The molecule has 0 aliphatic carbocycles. The zero-order chi connectivity index (χ0) is 13.8. The van der Waals surface area contributed by atoms with Crippen LogP contribution in [0.3, 0.4) is 0 Å². The van der Waals surface area contributed by atoms with Crippen LogP contribution in [0.15, 0.2) is 30.3 Å². The highest BCUT2D eigenvalue weighted by molar-refractivity contribution is 6.30. The summed E-state index contributed by atoms with van der Waals surface area (Å²) in [6.07, 6.45) is 0.935. The van der Waals surface area contributed by atoms with Crippen LogP contribution < -0.4 is 5.32 Å². The Balaban J connectivity index is 2.20. The molecule has 4 heteroatoms. The summed E-state index contributed by atoms with van der Waals surface area (Å²) in [5.74, 6) is 0. The summed E-state index contributed by atoms with van der Waals surface area (Å²) in [5, 5.41) is 8.73. The molecule has 0 bridgehead atoms. The van der Waals surface area contributed by atoms with E-state index in [-0.39, 0.29) is 6.04 Å². The van der Waals surface area contributed by atoms with Gasteiger partial charge in [-0.05, 0) is 43.7 Å². The van der Waals surface area contributed by atoms with Gasteiger partial charge in [-0.15, -0.1) is 0 Å². The Morgan fingerprint density at radius 3 is 2.53 bits per heavy atom. The Morgan fingerprint density at radius 2 is 2.00 bits per heavy atom. The second kappa shape index (κ2) is 6.22. The van der Waals surface area contributed by atoms with Gasteiger partial charge in [0, 0.05) is 12.1 Å². The van der Waals surface area contributed by atoms with E-state index in [9.17, 15) is 0 Å². The molecule has 0 amide bonds. The average molecular weight is 278 g/mol. The molecule has 1 unspecified atom stereocenters. The molecular weight excluding hydrogens is 258 g/mol. The fourth-order valence-corrected chi connectivity index (χ4v) is 2.47. The number of nitrogens with zero attached hydrogens (tertiary/aromatic N) is 2. The minimum absolute atomic E-state index is 0.275. The number of benzene rings is 1. The summed E-state index contributed by atoms with van der Waals surface area (Å²) >= 11 is 5.93. The van der Waals surface area contributed by atoms with Crippen LogP contribution in [0.5, 0.6) is 0 Å². The second-order valence-corrected chi connectivity index (χ2v) is 5.21. The second-order valence-electron chi connectivity index (χ2n) is 4.78. The quantitative estimate of drug-likeness (QED) is 0.909. The third-order valence-electron chi connectivity index (χ3n) is 3.20. The number of aryl methyl sites for hydroxylation is 2. The van der Waals surface area contributed by atoms with Crippen molar-refractivity contribution in [3.63, 3.8) is 0 Å². The van der Waals surface area contributed by atoms with E-state index >= 15 is 0 Å². The van der Waals surface area contributed by atoms with Crippen molar-refractivity contribution >= 4 is 11.6 Å². The Morgan fingerprint density at radius 1 is 1.32 bits per heavy atom. The largest absolute Gasteiger partial charge is 0.309 e. The first-order valence-corrected chi connectivity index (χ1v) is 6.96. The van der Waals surface area contributed by atoms with Crippen molar-refractivity contribution in [1.29, 1.82) is 0 Å². The molecule has 0 aliphatic heterocycles. The predicted molar refractivity (Wildman–Crippen MR) is 79.5 cm³/mol. The molecule has 0 fully saturated rings. The SMILES string of the molecule is CCNC(Cc1ccc(Cl)cc1)c1cc(C)nn1C. The van der Waals surface area contributed by atoms with Gasteiger partial charge in [0.1, 0.15) is 0 Å². The molecule has 1 aromatic carbocycles. The molecule has 102 valence electrons. The summed E-state index contributed by atoms with van der Waals surface area (Å²) in [4.78, 5) is 0. The number of likely N-dealkylation sites (N-methyl/N-ethyl adjacent to an activating group) is 1. The first kappa shape index (κ1) is 14.1. The molecule has 0 saturated heterocycles. The van der Waals surface area contributed by atoms with E-state index in [0.717, 1.165) is 23.7 Å². The van der Waals surface area contributed by atoms with Crippen molar-refractivity contribution in [3.05, 3.63) is 52.3 Å². The third kappa shape index (κ3) is 3.58. The Bertz CT molecular complexity index is 531. The van der Waals surface area contributed by atoms with Crippen molar-refractivity contribution in [2.45, 2.75) is 26.3 Å². The predicted octanol–water partition coefficient (Wildman–Crippen LogP) is 3.28. The standard InChI is InChI=1S/C15H20ClN3/c1-4-17-14(15-9-11(2)18-19(15)3)10-12-5-7-13(16)8-6-12/h5-9,14,17H,4,10H2,1-3H3. The van der Waals surface area contributed by atoms with Gasteiger partial charge in [0.2, 0.25) is 0 Å². The van der Waals surface area contributed by atoms with Gasteiger partial charge in [0.15, 0.2) is 0 Å². The van der Waals surface area contributed by atoms with Gasteiger partial charge in [0.25, 0.3) is 0 Å². The Kier molecular flexibility index (Phi) is 4.61. The monoisotopic (exact) mass is 277 g/mol. The fourth-order valence-electron chi connectivity index (χ4n) is 2.34. The molecule has 1 atom stereocenters. The maximum absolute atomic E-state index is 5.93. The van der Waals surface area contributed by atoms with Crippen LogP contribution in [-0.4, -0.2) is 16.3 Å². The molecule has 3 nitrogen and oxygen atoms in total. The summed E-state index contributed by atoms with van der Waals surface area (Å²) < 4.78 is 1.96. The topological polar surface area (TPSA) is 29.9 Å².